The van der Waals surface area contributed by atoms with Gasteiger partial charge in [0.15, 0.2) is 0 Å². The van der Waals surface area contributed by atoms with Crippen LogP contribution in [0.3, 0.4) is 0 Å². The van der Waals surface area contributed by atoms with Gasteiger partial charge in [-0.05, 0) is 13.8 Å². The van der Waals surface area contributed by atoms with Crippen LogP contribution in [0, 0.1) is 6.92 Å². The van der Waals surface area contributed by atoms with Crippen molar-refractivity contribution in [2.24, 2.45) is 0 Å². The first-order chi connectivity index (χ1) is 8.47. The molecule has 18 heavy (non-hydrogen) atoms. The van der Waals surface area contributed by atoms with Crippen LogP contribution in [-0.4, -0.2) is 39.3 Å². The first-order valence-electron chi connectivity index (χ1n) is 6.09. The molecule has 1 heterocycles. The van der Waals surface area contributed by atoms with E-state index in [4.69, 9.17) is 0 Å². The molecule has 2 atom stereocenters. The van der Waals surface area contributed by atoms with Crippen LogP contribution < -0.4 is 10.6 Å². The Kier molecular flexibility index (Phi) is 5.53. The Labute approximate surface area is 111 Å². The Morgan fingerprint density at radius 3 is 2.44 bits per heavy atom. The molecule has 1 aromatic heterocycles. The summed E-state index contributed by atoms with van der Waals surface area (Å²) in [5.41, 5.74) is 0.989. The van der Waals surface area contributed by atoms with Crippen LogP contribution in [-0.2, 0) is 17.2 Å². The lowest BCUT2D eigenvalue weighted by Gasteiger charge is -2.17. The summed E-state index contributed by atoms with van der Waals surface area (Å²) in [6.07, 6.45) is 2.50. The van der Waals surface area contributed by atoms with Gasteiger partial charge in [-0.25, -0.2) is 9.97 Å². The summed E-state index contributed by atoms with van der Waals surface area (Å²) < 4.78 is 11.2. The van der Waals surface area contributed by atoms with Crippen molar-refractivity contribution in [1.82, 2.24) is 9.97 Å². The molecule has 0 aliphatic carbocycles. The zero-order valence-corrected chi connectivity index (χ0v) is 12.5. The molecule has 1 rings (SSSR count). The van der Waals surface area contributed by atoms with Crippen LogP contribution in [0.5, 0.6) is 0 Å². The molecule has 0 saturated heterocycles. The van der Waals surface area contributed by atoms with Crippen molar-refractivity contribution in [2.45, 2.75) is 33.2 Å². The van der Waals surface area contributed by atoms with Crippen LogP contribution in [0.1, 0.15) is 25.2 Å². The molecule has 0 saturated carbocycles. The minimum absolute atomic E-state index is 0.124. The average Bonchev–Trinajstić information content (AvgIpc) is 2.30. The lowest BCUT2D eigenvalue weighted by Crippen LogP contribution is -2.24. The normalized spacial score (nSPS) is 14.1. The van der Waals surface area contributed by atoms with Crippen LogP contribution in [0.4, 0.5) is 11.6 Å². The van der Waals surface area contributed by atoms with Crippen LogP contribution in [0.25, 0.3) is 0 Å². The predicted octanol–water partition coefficient (Wildman–Crippen LogP) is 1.57. The van der Waals surface area contributed by atoms with Gasteiger partial charge in [0.05, 0.1) is 0 Å². The standard InChI is InChI=1S/C12H22N4OS/c1-6-10-15-11(13-4)9(3)12(16-10)14-8(2)7-18(5)17/h8H,6-7H2,1-5H3,(H2,13,14,15,16). The van der Waals surface area contributed by atoms with Crippen molar-refractivity contribution < 1.29 is 4.21 Å². The molecule has 0 amide bonds. The minimum atomic E-state index is -0.812. The highest BCUT2D eigenvalue weighted by Gasteiger charge is 2.12. The van der Waals surface area contributed by atoms with Gasteiger partial charge < -0.3 is 10.6 Å². The van der Waals surface area contributed by atoms with E-state index < -0.39 is 10.8 Å². The highest BCUT2D eigenvalue weighted by molar-refractivity contribution is 7.84. The van der Waals surface area contributed by atoms with Crippen LogP contribution >= 0.6 is 0 Å². The fraction of sp³-hybridized carbons (Fsp3) is 0.667. The van der Waals surface area contributed by atoms with E-state index in [9.17, 15) is 4.21 Å². The van der Waals surface area contributed by atoms with E-state index in [0.717, 1.165) is 29.4 Å². The van der Waals surface area contributed by atoms with Gasteiger partial charge >= 0.3 is 0 Å². The Balaban J connectivity index is 2.96. The van der Waals surface area contributed by atoms with Gasteiger partial charge in [0.2, 0.25) is 0 Å². The maximum atomic E-state index is 11.2. The second kappa shape index (κ2) is 6.68. The molecule has 0 spiro atoms. The van der Waals surface area contributed by atoms with E-state index in [1.54, 1.807) is 6.26 Å². The summed E-state index contributed by atoms with van der Waals surface area (Å²) in [5.74, 6) is 3.08. The van der Waals surface area contributed by atoms with Gasteiger partial charge in [0.1, 0.15) is 17.5 Å². The molecule has 1 aromatic rings. The van der Waals surface area contributed by atoms with Gasteiger partial charge in [-0.1, -0.05) is 6.92 Å². The second-order valence-corrected chi connectivity index (χ2v) is 5.83. The smallest absolute Gasteiger partial charge is 0.135 e. The molecule has 102 valence electrons. The summed E-state index contributed by atoms with van der Waals surface area (Å²) in [7, 11) is 1.04. The van der Waals surface area contributed by atoms with Crippen molar-refractivity contribution in [3.63, 3.8) is 0 Å². The van der Waals surface area contributed by atoms with Crippen molar-refractivity contribution in [3.8, 4) is 0 Å². The quantitative estimate of drug-likeness (QED) is 0.821. The van der Waals surface area contributed by atoms with Gasteiger partial charge in [-0.15, -0.1) is 0 Å². The lowest BCUT2D eigenvalue weighted by atomic mass is 10.2. The van der Waals surface area contributed by atoms with E-state index in [0.29, 0.717) is 5.75 Å². The predicted molar refractivity (Wildman–Crippen MR) is 77.7 cm³/mol. The SMILES string of the molecule is CCc1nc(NC)c(C)c(NC(C)CS(C)=O)n1. The number of anilines is 2. The Morgan fingerprint density at radius 1 is 1.33 bits per heavy atom. The first-order valence-corrected chi connectivity index (χ1v) is 7.82. The number of aryl methyl sites for hydroxylation is 1. The molecule has 2 unspecified atom stereocenters. The van der Waals surface area contributed by atoms with Gasteiger partial charge in [-0.2, -0.15) is 0 Å². The van der Waals surface area contributed by atoms with E-state index in [2.05, 4.69) is 20.6 Å². The molecule has 2 N–H and O–H groups in total. The molecule has 0 radical (unpaired) electrons. The van der Waals surface area contributed by atoms with Crippen molar-refractivity contribution in [1.29, 1.82) is 0 Å². The molecule has 6 heteroatoms. The minimum Gasteiger partial charge on any atom is -0.373 e. The molecule has 5 nitrogen and oxygen atoms in total. The number of rotatable bonds is 6. The highest BCUT2D eigenvalue weighted by Crippen LogP contribution is 2.20. The van der Waals surface area contributed by atoms with Gasteiger partial charge in [0.25, 0.3) is 0 Å². The average molecular weight is 270 g/mol. The molecule has 0 aromatic carbocycles. The van der Waals surface area contributed by atoms with E-state index in [-0.39, 0.29) is 6.04 Å². The number of hydrogen-bond donors (Lipinski definition) is 2. The van der Waals surface area contributed by atoms with Crippen LogP contribution in [0.15, 0.2) is 0 Å². The molecule has 0 aliphatic rings. The van der Waals surface area contributed by atoms with Crippen molar-refractivity contribution in [3.05, 3.63) is 11.4 Å². The topological polar surface area (TPSA) is 66.9 Å². The largest absolute Gasteiger partial charge is 0.373 e. The summed E-state index contributed by atoms with van der Waals surface area (Å²) in [4.78, 5) is 8.90. The van der Waals surface area contributed by atoms with Crippen molar-refractivity contribution in [2.75, 3.05) is 29.7 Å². The second-order valence-electron chi connectivity index (χ2n) is 4.35. The zero-order valence-electron chi connectivity index (χ0n) is 11.7. The van der Waals surface area contributed by atoms with E-state index in [1.807, 2.05) is 27.8 Å². The Morgan fingerprint density at radius 2 is 1.94 bits per heavy atom. The highest BCUT2D eigenvalue weighted by atomic mass is 32.2. The van der Waals surface area contributed by atoms with Gasteiger partial charge in [0, 0.05) is 47.9 Å². The fourth-order valence-electron chi connectivity index (χ4n) is 1.73. The maximum absolute atomic E-state index is 11.2. The molecule has 0 fully saturated rings. The van der Waals surface area contributed by atoms with E-state index in [1.165, 1.54) is 0 Å². The zero-order chi connectivity index (χ0) is 13.7. The van der Waals surface area contributed by atoms with Crippen molar-refractivity contribution >= 4 is 22.4 Å². The Bertz CT molecular complexity index is 436. The number of hydrogen-bond acceptors (Lipinski definition) is 5. The van der Waals surface area contributed by atoms with Crippen LogP contribution in [0.2, 0.25) is 0 Å². The molecular formula is C12H22N4OS. The fourth-order valence-corrected chi connectivity index (χ4v) is 2.52. The van der Waals surface area contributed by atoms with E-state index >= 15 is 0 Å². The molecular weight excluding hydrogens is 248 g/mol. The first kappa shape index (κ1) is 14.9. The monoisotopic (exact) mass is 270 g/mol. The number of nitrogens with zero attached hydrogens (tertiary/aromatic N) is 2. The summed E-state index contributed by atoms with van der Waals surface area (Å²) in [5, 5.41) is 6.38. The summed E-state index contributed by atoms with van der Waals surface area (Å²) in [6.45, 7) is 6.01. The maximum Gasteiger partial charge on any atom is 0.135 e. The Hall–Kier alpha value is -1.17. The summed E-state index contributed by atoms with van der Waals surface area (Å²) in [6, 6.07) is 0.124. The molecule has 0 aliphatic heterocycles. The third-order valence-electron chi connectivity index (χ3n) is 2.61. The number of aromatic nitrogens is 2. The molecule has 0 bridgehead atoms. The van der Waals surface area contributed by atoms with Gasteiger partial charge in [-0.3, -0.25) is 4.21 Å². The summed E-state index contributed by atoms with van der Waals surface area (Å²) >= 11 is 0. The third kappa shape index (κ3) is 3.94. The third-order valence-corrected chi connectivity index (χ3v) is 3.58. The lowest BCUT2D eigenvalue weighted by molar-refractivity contribution is 0.682. The number of nitrogens with one attached hydrogen (secondary N) is 2.